The second-order valence-corrected chi connectivity index (χ2v) is 8.57. The van der Waals surface area contributed by atoms with E-state index in [1.54, 1.807) is 0 Å². The Kier molecular flexibility index (Phi) is 11.1. The minimum Gasteiger partial charge on any atom is -0.512 e. The van der Waals surface area contributed by atoms with Crippen LogP contribution in [0.5, 0.6) is 0 Å². The summed E-state index contributed by atoms with van der Waals surface area (Å²) in [6.45, 7) is 11.9. The zero-order chi connectivity index (χ0) is 17.8. The third kappa shape index (κ3) is 5.40. The predicted octanol–water partition coefficient (Wildman–Crippen LogP) is 3.80. The van der Waals surface area contributed by atoms with Gasteiger partial charge in [-0.25, -0.2) is 0 Å². The Bertz CT molecular complexity index is 654. The van der Waals surface area contributed by atoms with E-state index in [0.29, 0.717) is 0 Å². The molecule has 3 aromatic rings. The molecule has 0 heterocycles. The van der Waals surface area contributed by atoms with E-state index in [1.807, 2.05) is 0 Å². The molecule has 0 fully saturated rings. The van der Waals surface area contributed by atoms with Crippen molar-refractivity contribution in [2.75, 3.05) is 6.66 Å². The van der Waals surface area contributed by atoms with Crippen molar-refractivity contribution in [1.82, 2.24) is 0 Å². The summed E-state index contributed by atoms with van der Waals surface area (Å²) in [6.07, 6.45) is 0. The number of benzene rings is 3. The Morgan fingerprint density at radius 3 is 0.920 bits per heavy atom. The van der Waals surface area contributed by atoms with Crippen molar-refractivity contribution in [1.29, 1.82) is 10.5 Å². The van der Waals surface area contributed by atoms with Crippen LogP contribution in [0.1, 0.15) is 0 Å². The van der Waals surface area contributed by atoms with E-state index in [4.69, 9.17) is 23.7 Å². The van der Waals surface area contributed by atoms with Crippen molar-refractivity contribution >= 4 is 23.2 Å². The molecule has 25 heavy (non-hydrogen) atoms. The quantitative estimate of drug-likeness (QED) is 0.356. The summed E-state index contributed by atoms with van der Waals surface area (Å²) < 4.78 is 0. The van der Waals surface area contributed by atoms with Crippen LogP contribution in [0.15, 0.2) is 91.0 Å². The molecule has 4 heteroatoms. The summed E-state index contributed by atoms with van der Waals surface area (Å²) in [6, 6.07) is 32.6. The zero-order valence-electron chi connectivity index (χ0n) is 13.8. The van der Waals surface area contributed by atoms with Gasteiger partial charge in [-0.1, -0.05) is 54.6 Å². The third-order valence-corrected chi connectivity index (χ3v) is 7.81. The fraction of sp³-hybridized carbons (Fsp3) is 0.0476. The number of hydrogen-bond acceptors (Lipinski definition) is 2. The smallest absolute Gasteiger partial charge is 0.512 e. The van der Waals surface area contributed by atoms with Crippen LogP contribution in [0.2, 0.25) is 0 Å². The first-order chi connectivity index (χ1) is 11.8. The van der Waals surface area contributed by atoms with Gasteiger partial charge in [0.05, 0.1) is 6.66 Å². The van der Waals surface area contributed by atoms with E-state index in [9.17, 15) is 0 Å². The fourth-order valence-corrected chi connectivity index (χ4v) is 5.83. The molecule has 0 aliphatic rings. The Hall–Kier alpha value is -2.19. The van der Waals surface area contributed by atoms with Gasteiger partial charge in [0.2, 0.25) is 0 Å². The molecule has 0 amide bonds. The SMILES string of the molecule is C[P+](c1ccccc1)(c1ccccc1)c1ccccc1.[Ag+].[C-]#N.[C-]#N. The van der Waals surface area contributed by atoms with Crippen molar-refractivity contribution in [2.24, 2.45) is 0 Å². The average molecular weight is 437 g/mol. The molecule has 0 radical (unpaired) electrons. The molecule has 3 aromatic carbocycles. The van der Waals surface area contributed by atoms with E-state index in [2.05, 4.69) is 97.7 Å². The van der Waals surface area contributed by atoms with Crippen LogP contribution in [0, 0.1) is 23.7 Å². The second kappa shape index (κ2) is 12.2. The Balaban J connectivity index is 0.00000108. The summed E-state index contributed by atoms with van der Waals surface area (Å²) in [4.78, 5) is 0. The van der Waals surface area contributed by atoms with Crippen molar-refractivity contribution in [3.05, 3.63) is 104 Å². The van der Waals surface area contributed by atoms with Gasteiger partial charge in [-0.15, -0.1) is 0 Å². The molecule has 128 valence electrons. The molecule has 0 aromatic heterocycles. The van der Waals surface area contributed by atoms with Crippen LogP contribution in [-0.4, -0.2) is 6.66 Å². The standard InChI is InChI=1S/C19H18P.2CN.Ag/c1-20(17-11-5-2-6-12-17,18-13-7-3-8-14-18)19-15-9-4-10-16-19;2*1-2;/h2-16H,1H3;;;/q+1;2*-1;+1. The molecular formula is C21H18AgN2P. The van der Waals surface area contributed by atoms with Gasteiger partial charge in [-0.05, 0) is 36.4 Å². The average Bonchev–Trinajstić information content (AvgIpc) is 2.72. The molecule has 0 saturated carbocycles. The molecule has 0 saturated heterocycles. The van der Waals surface area contributed by atoms with Crippen LogP contribution in [0.4, 0.5) is 0 Å². The molecule has 0 bridgehead atoms. The second-order valence-electron chi connectivity index (χ2n) is 5.01. The summed E-state index contributed by atoms with van der Waals surface area (Å²) in [5.74, 6) is 0. The van der Waals surface area contributed by atoms with Crippen LogP contribution in [-0.2, 0) is 22.4 Å². The third-order valence-electron chi connectivity index (χ3n) is 3.82. The van der Waals surface area contributed by atoms with Crippen LogP contribution >= 0.6 is 7.26 Å². The molecule has 0 spiro atoms. The molecule has 0 aliphatic carbocycles. The summed E-state index contributed by atoms with van der Waals surface area (Å²) in [5.41, 5.74) is 0. The molecule has 3 rings (SSSR count). The van der Waals surface area contributed by atoms with E-state index in [-0.39, 0.29) is 22.4 Å². The van der Waals surface area contributed by atoms with Gasteiger partial charge in [0.15, 0.2) is 0 Å². The van der Waals surface area contributed by atoms with Gasteiger partial charge in [0.1, 0.15) is 23.2 Å². The predicted molar refractivity (Wildman–Crippen MR) is 101 cm³/mol. The summed E-state index contributed by atoms with van der Waals surface area (Å²) in [7, 11) is -1.53. The molecule has 2 nitrogen and oxygen atoms in total. The van der Waals surface area contributed by atoms with Gasteiger partial charge in [0.25, 0.3) is 0 Å². The molecule has 0 N–H and O–H groups in total. The maximum atomic E-state index is 6.25. The van der Waals surface area contributed by atoms with Crippen LogP contribution < -0.4 is 15.9 Å². The summed E-state index contributed by atoms with van der Waals surface area (Å²) >= 11 is 0. The normalized spacial score (nSPS) is 9.16. The molecule has 0 unspecified atom stereocenters. The fourth-order valence-electron chi connectivity index (χ4n) is 2.63. The zero-order valence-corrected chi connectivity index (χ0v) is 16.2. The Morgan fingerprint density at radius 2 is 0.720 bits per heavy atom. The van der Waals surface area contributed by atoms with E-state index in [1.165, 1.54) is 15.9 Å². The minimum absolute atomic E-state index is 0. The molecule has 0 atom stereocenters. The summed E-state index contributed by atoms with van der Waals surface area (Å²) in [5, 5.41) is 16.8. The van der Waals surface area contributed by atoms with Gasteiger partial charge in [-0.2, -0.15) is 0 Å². The molecule has 0 aliphatic heterocycles. The van der Waals surface area contributed by atoms with E-state index >= 15 is 0 Å². The molecular weight excluding hydrogens is 419 g/mol. The number of rotatable bonds is 3. The Morgan fingerprint density at radius 1 is 0.520 bits per heavy atom. The van der Waals surface area contributed by atoms with Crippen molar-refractivity contribution in [3.63, 3.8) is 0 Å². The van der Waals surface area contributed by atoms with Gasteiger partial charge >= 0.3 is 22.4 Å². The van der Waals surface area contributed by atoms with E-state index < -0.39 is 7.26 Å². The van der Waals surface area contributed by atoms with Gasteiger partial charge in [-0.3, -0.25) is 0 Å². The first-order valence-corrected chi connectivity index (χ1v) is 9.53. The van der Waals surface area contributed by atoms with Crippen molar-refractivity contribution < 1.29 is 22.4 Å². The monoisotopic (exact) mass is 436 g/mol. The minimum atomic E-state index is -1.53. The van der Waals surface area contributed by atoms with Gasteiger partial charge < -0.3 is 23.7 Å². The first kappa shape index (κ1) is 22.8. The van der Waals surface area contributed by atoms with Gasteiger partial charge in [0, 0.05) is 0 Å². The van der Waals surface area contributed by atoms with Crippen molar-refractivity contribution in [2.45, 2.75) is 0 Å². The largest absolute Gasteiger partial charge is 1.00 e. The van der Waals surface area contributed by atoms with Crippen LogP contribution in [0.3, 0.4) is 0 Å². The van der Waals surface area contributed by atoms with E-state index in [0.717, 1.165) is 0 Å². The first-order valence-electron chi connectivity index (χ1n) is 7.30. The maximum Gasteiger partial charge on any atom is 1.00 e. The number of nitrogens with zero attached hydrogens (tertiary/aromatic N) is 2. The van der Waals surface area contributed by atoms with Crippen molar-refractivity contribution in [3.8, 4) is 0 Å². The maximum absolute atomic E-state index is 6.25. The Labute approximate surface area is 166 Å². The topological polar surface area (TPSA) is 47.6 Å². The number of hydrogen-bond donors (Lipinski definition) is 0. The van der Waals surface area contributed by atoms with Crippen LogP contribution in [0.25, 0.3) is 0 Å².